The lowest BCUT2D eigenvalue weighted by molar-refractivity contribution is 0.0917. The highest BCUT2D eigenvalue weighted by Crippen LogP contribution is 2.37. The van der Waals surface area contributed by atoms with Gasteiger partial charge in [-0.05, 0) is 69.3 Å². The van der Waals surface area contributed by atoms with Gasteiger partial charge in [-0.2, -0.15) is 0 Å². The van der Waals surface area contributed by atoms with Gasteiger partial charge in [-0.25, -0.2) is 0 Å². The van der Waals surface area contributed by atoms with Crippen LogP contribution in [0.4, 0.5) is 5.69 Å². The van der Waals surface area contributed by atoms with Crippen LogP contribution in [0.25, 0.3) is 0 Å². The molecule has 1 aromatic carbocycles. The molecule has 0 spiro atoms. The number of carbonyl (C=O) groups excluding carboxylic acids is 1. The zero-order valence-electron chi connectivity index (χ0n) is 12.9. The molecule has 2 heterocycles. The maximum atomic E-state index is 12.3. The SMILES string of the molecule is Cc1cc(N)cc(C(=O)NCC2CC3CCC(C2)N3C)c1. The predicted molar refractivity (Wildman–Crippen MR) is 85.2 cm³/mol. The van der Waals surface area contributed by atoms with Crippen LogP contribution >= 0.6 is 0 Å². The first-order valence-corrected chi connectivity index (χ1v) is 7.90. The lowest BCUT2D eigenvalue weighted by atomic mass is 9.91. The molecule has 3 rings (SSSR count). The van der Waals surface area contributed by atoms with Gasteiger partial charge < -0.3 is 16.0 Å². The minimum atomic E-state index is -0.00308. The van der Waals surface area contributed by atoms with Crippen LogP contribution in [0.1, 0.15) is 41.6 Å². The fourth-order valence-electron chi connectivity index (χ4n) is 3.97. The van der Waals surface area contributed by atoms with Crippen molar-refractivity contribution in [2.24, 2.45) is 5.92 Å². The van der Waals surface area contributed by atoms with E-state index in [9.17, 15) is 4.79 Å². The molecular weight excluding hydrogens is 262 g/mol. The first-order chi connectivity index (χ1) is 10.0. The van der Waals surface area contributed by atoms with Gasteiger partial charge in [0.1, 0.15) is 0 Å². The molecule has 4 nitrogen and oxygen atoms in total. The molecule has 2 atom stereocenters. The molecule has 2 bridgehead atoms. The Kier molecular flexibility index (Phi) is 3.89. The minimum absolute atomic E-state index is 0.00308. The van der Waals surface area contributed by atoms with Crippen molar-refractivity contribution < 1.29 is 4.79 Å². The van der Waals surface area contributed by atoms with Gasteiger partial charge in [-0.3, -0.25) is 4.79 Å². The molecule has 2 aliphatic rings. The van der Waals surface area contributed by atoms with Crippen LogP contribution < -0.4 is 11.1 Å². The molecule has 4 heteroatoms. The number of carbonyl (C=O) groups is 1. The van der Waals surface area contributed by atoms with Crippen molar-refractivity contribution in [1.82, 2.24) is 10.2 Å². The van der Waals surface area contributed by atoms with E-state index in [4.69, 9.17) is 5.73 Å². The fraction of sp³-hybridized carbons (Fsp3) is 0.588. The molecule has 2 saturated heterocycles. The Bertz CT molecular complexity index is 509. The van der Waals surface area contributed by atoms with E-state index in [0.29, 0.717) is 17.2 Å². The zero-order chi connectivity index (χ0) is 15.0. The lowest BCUT2D eigenvalue weighted by Gasteiger charge is -2.36. The number of rotatable bonds is 3. The minimum Gasteiger partial charge on any atom is -0.399 e. The smallest absolute Gasteiger partial charge is 0.251 e. The normalized spacial score (nSPS) is 28.6. The van der Waals surface area contributed by atoms with Gasteiger partial charge in [0.15, 0.2) is 0 Å². The lowest BCUT2D eigenvalue weighted by Crippen LogP contribution is -2.43. The van der Waals surface area contributed by atoms with Gasteiger partial charge in [-0.15, -0.1) is 0 Å². The summed E-state index contributed by atoms with van der Waals surface area (Å²) in [6.45, 7) is 2.75. The van der Waals surface area contributed by atoms with E-state index >= 15 is 0 Å². The second-order valence-electron chi connectivity index (χ2n) is 6.73. The third-order valence-electron chi connectivity index (χ3n) is 5.11. The Morgan fingerprint density at radius 2 is 1.95 bits per heavy atom. The highest BCUT2D eigenvalue weighted by Gasteiger charge is 2.38. The number of benzene rings is 1. The van der Waals surface area contributed by atoms with Gasteiger partial charge >= 0.3 is 0 Å². The number of piperidine rings is 1. The number of hydrogen-bond donors (Lipinski definition) is 2. The number of anilines is 1. The van der Waals surface area contributed by atoms with E-state index in [-0.39, 0.29) is 5.91 Å². The number of nitrogens with zero attached hydrogens (tertiary/aromatic N) is 1. The van der Waals surface area contributed by atoms with Gasteiger partial charge in [0.05, 0.1) is 0 Å². The Labute approximate surface area is 126 Å². The van der Waals surface area contributed by atoms with Gasteiger partial charge in [0.25, 0.3) is 5.91 Å². The number of fused-ring (bicyclic) bond motifs is 2. The maximum Gasteiger partial charge on any atom is 0.251 e. The second kappa shape index (κ2) is 5.68. The van der Waals surface area contributed by atoms with Crippen molar-refractivity contribution in [3.8, 4) is 0 Å². The molecule has 2 unspecified atom stereocenters. The Hall–Kier alpha value is -1.55. The molecule has 1 aromatic rings. The Balaban J connectivity index is 1.57. The zero-order valence-corrected chi connectivity index (χ0v) is 12.9. The standard InChI is InChI=1S/C17H25N3O/c1-11-5-13(9-14(18)6-11)17(21)19-10-12-7-15-3-4-16(8-12)20(15)2/h5-6,9,12,15-16H,3-4,7-8,10,18H2,1-2H3,(H,19,21). The van der Waals surface area contributed by atoms with Crippen LogP contribution in [-0.4, -0.2) is 36.5 Å². The van der Waals surface area contributed by atoms with Crippen molar-refractivity contribution in [3.63, 3.8) is 0 Å². The molecule has 0 aliphatic carbocycles. The van der Waals surface area contributed by atoms with E-state index in [0.717, 1.165) is 24.2 Å². The van der Waals surface area contributed by atoms with Crippen molar-refractivity contribution in [2.75, 3.05) is 19.3 Å². The third-order valence-corrected chi connectivity index (χ3v) is 5.11. The summed E-state index contributed by atoms with van der Waals surface area (Å²) in [5.41, 5.74) is 8.16. The monoisotopic (exact) mass is 287 g/mol. The molecule has 0 aromatic heterocycles. The highest BCUT2D eigenvalue weighted by molar-refractivity contribution is 5.95. The van der Waals surface area contributed by atoms with Gasteiger partial charge in [0, 0.05) is 29.9 Å². The predicted octanol–water partition coefficient (Wildman–Crippen LogP) is 2.18. The number of nitrogens with one attached hydrogen (secondary N) is 1. The molecule has 2 fully saturated rings. The summed E-state index contributed by atoms with van der Waals surface area (Å²) in [6, 6.07) is 6.97. The number of amides is 1. The highest BCUT2D eigenvalue weighted by atomic mass is 16.1. The Morgan fingerprint density at radius 1 is 1.29 bits per heavy atom. The van der Waals surface area contributed by atoms with Crippen molar-refractivity contribution >= 4 is 11.6 Å². The van der Waals surface area contributed by atoms with Crippen LogP contribution in [0.2, 0.25) is 0 Å². The molecule has 2 aliphatic heterocycles. The molecule has 1 amide bonds. The van der Waals surface area contributed by atoms with E-state index in [1.165, 1.54) is 25.7 Å². The summed E-state index contributed by atoms with van der Waals surface area (Å²) in [7, 11) is 2.24. The molecule has 0 radical (unpaired) electrons. The molecule has 3 N–H and O–H groups in total. The second-order valence-corrected chi connectivity index (χ2v) is 6.73. The van der Waals surface area contributed by atoms with Crippen LogP contribution in [-0.2, 0) is 0 Å². The number of nitrogens with two attached hydrogens (primary N) is 1. The molecule has 0 saturated carbocycles. The summed E-state index contributed by atoms with van der Waals surface area (Å²) < 4.78 is 0. The van der Waals surface area contributed by atoms with E-state index < -0.39 is 0 Å². The van der Waals surface area contributed by atoms with E-state index in [2.05, 4.69) is 17.3 Å². The average molecular weight is 287 g/mol. The topological polar surface area (TPSA) is 58.4 Å². The third kappa shape index (κ3) is 3.05. The van der Waals surface area contributed by atoms with E-state index in [1.54, 1.807) is 6.07 Å². The van der Waals surface area contributed by atoms with Gasteiger partial charge in [0.2, 0.25) is 0 Å². The van der Waals surface area contributed by atoms with Crippen LogP contribution in [0.3, 0.4) is 0 Å². The number of aryl methyl sites for hydroxylation is 1. The van der Waals surface area contributed by atoms with Crippen molar-refractivity contribution in [1.29, 1.82) is 0 Å². The average Bonchev–Trinajstić information content (AvgIpc) is 2.65. The van der Waals surface area contributed by atoms with Crippen molar-refractivity contribution in [3.05, 3.63) is 29.3 Å². The largest absolute Gasteiger partial charge is 0.399 e. The number of nitrogen functional groups attached to an aromatic ring is 1. The molecular formula is C17H25N3O. The quantitative estimate of drug-likeness (QED) is 0.838. The van der Waals surface area contributed by atoms with Crippen LogP contribution in [0.5, 0.6) is 0 Å². The Morgan fingerprint density at radius 3 is 2.57 bits per heavy atom. The molecule has 21 heavy (non-hydrogen) atoms. The fourth-order valence-corrected chi connectivity index (χ4v) is 3.97. The van der Waals surface area contributed by atoms with Crippen molar-refractivity contribution in [2.45, 2.75) is 44.7 Å². The van der Waals surface area contributed by atoms with Gasteiger partial charge in [-0.1, -0.05) is 0 Å². The van der Waals surface area contributed by atoms with Crippen LogP contribution in [0, 0.1) is 12.8 Å². The summed E-state index contributed by atoms with van der Waals surface area (Å²) in [5, 5.41) is 3.09. The first kappa shape index (κ1) is 14.4. The molecule has 114 valence electrons. The summed E-state index contributed by atoms with van der Waals surface area (Å²) in [6.07, 6.45) is 5.06. The summed E-state index contributed by atoms with van der Waals surface area (Å²) >= 11 is 0. The maximum absolute atomic E-state index is 12.3. The number of hydrogen-bond acceptors (Lipinski definition) is 3. The van der Waals surface area contributed by atoms with E-state index in [1.807, 2.05) is 19.1 Å². The summed E-state index contributed by atoms with van der Waals surface area (Å²) in [5.74, 6) is 0.612. The van der Waals surface area contributed by atoms with Crippen LogP contribution in [0.15, 0.2) is 18.2 Å². The first-order valence-electron chi connectivity index (χ1n) is 7.90. The summed E-state index contributed by atoms with van der Waals surface area (Å²) in [4.78, 5) is 14.8.